The lowest BCUT2D eigenvalue weighted by molar-refractivity contribution is -0.118. The van der Waals surface area contributed by atoms with Gasteiger partial charge in [-0.25, -0.2) is 5.84 Å². The first-order valence-corrected chi connectivity index (χ1v) is 8.04. The van der Waals surface area contributed by atoms with Gasteiger partial charge in [0.1, 0.15) is 12.4 Å². The maximum Gasteiger partial charge on any atom is 0.244 e. The molecule has 1 heterocycles. The van der Waals surface area contributed by atoms with Crippen molar-refractivity contribution in [3.63, 3.8) is 0 Å². The van der Waals surface area contributed by atoms with E-state index in [1.807, 2.05) is 4.57 Å². The van der Waals surface area contributed by atoms with Crippen LogP contribution in [0.2, 0.25) is 5.02 Å². The third kappa shape index (κ3) is 4.98. The summed E-state index contributed by atoms with van der Waals surface area (Å²) >= 11 is 7.07. The molecule has 0 fully saturated rings. The summed E-state index contributed by atoms with van der Waals surface area (Å²) in [6.07, 6.45) is 1.72. The number of halogens is 1. The highest BCUT2D eigenvalue weighted by Gasteiger charge is 2.13. The van der Waals surface area contributed by atoms with Gasteiger partial charge < -0.3 is 4.74 Å². The summed E-state index contributed by atoms with van der Waals surface area (Å²) in [6.45, 7) is 4.47. The fourth-order valence-corrected chi connectivity index (χ4v) is 2.60. The van der Waals surface area contributed by atoms with Gasteiger partial charge in [-0.1, -0.05) is 29.4 Å². The molecule has 9 heteroatoms. The molecule has 0 bridgehead atoms. The van der Waals surface area contributed by atoms with Crippen LogP contribution < -0.4 is 16.0 Å². The van der Waals surface area contributed by atoms with Crippen LogP contribution in [0.25, 0.3) is 0 Å². The summed E-state index contributed by atoms with van der Waals surface area (Å²) in [4.78, 5) is 11.2. The van der Waals surface area contributed by atoms with E-state index in [-0.39, 0.29) is 18.3 Å². The number of amides is 1. The van der Waals surface area contributed by atoms with Crippen molar-refractivity contribution >= 4 is 29.3 Å². The maximum absolute atomic E-state index is 11.2. The molecule has 2 rings (SSSR count). The van der Waals surface area contributed by atoms with Crippen molar-refractivity contribution in [2.75, 3.05) is 5.75 Å². The number of hydrazine groups is 1. The fraction of sp³-hybridized carbons (Fsp3) is 0.214. The first kappa shape index (κ1) is 17.3. The number of thioether (sulfide) groups is 1. The number of allylic oxidation sites excluding steroid dienone is 1. The zero-order valence-corrected chi connectivity index (χ0v) is 13.8. The van der Waals surface area contributed by atoms with Gasteiger partial charge in [-0.3, -0.25) is 14.8 Å². The molecule has 0 aliphatic carbocycles. The van der Waals surface area contributed by atoms with Crippen LogP contribution in [0.4, 0.5) is 0 Å². The Kier molecular flexibility index (Phi) is 6.45. The van der Waals surface area contributed by atoms with Crippen LogP contribution in [-0.2, 0) is 17.9 Å². The number of benzene rings is 1. The van der Waals surface area contributed by atoms with Gasteiger partial charge in [0.15, 0.2) is 11.0 Å². The lowest BCUT2D eigenvalue weighted by Gasteiger charge is -2.09. The Morgan fingerprint density at radius 2 is 2.17 bits per heavy atom. The second-order valence-electron chi connectivity index (χ2n) is 4.40. The van der Waals surface area contributed by atoms with Crippen LogP contribution >= 0.6 is 23.4 Å². The summed E-state index contributed by atoms with van der Waals surface area (Å²) in [5, 5.41) is 9.42. The van der Waals surface area contributed by atoms with E-state index in [0.717, 1.165) is 0 Å². The number of nitrogens with two attached hydrogens (primary N) is 1. The van der Waals surface area contributed by atoms with Gasteiger partial charge in [-0.15, -0.1) is 16.8 Å². The molecule has 0 unspecified atom stereocenters. The van der Waals surface area contributed by atoms with Crippen LogP contribution in [0.15, 0.2) is 42.1 Å². The summed E-state index contributed by atoms with van der Waals surface area (Å²) in [6, 6.07) is 7.05. The molecule has 7 nitrogen and oxygen atoms in total. The number of nitrogens with one attached hydrogen (secondary N) is 1. The van der Waals surface area contributed by atoms with Crippen molar-refractivity contribution in [2.24, 2.45) is 5.84 Å². The van der Waals surface area contributed by atoms with E-state index in [4.69, 9.17) is 22.2 Å². The molecule has 0 aliphatic heterocycles. The van der Waals surface area contributed by atoms with Gasteiger partial charge in [0.05, 0.1) is 5.75 Å². The second kappa shape index (κ2) is 8.56. The maximum atomic E-state index is 11.2. The van der Waals surface area contributed by atoms with E-state index in [1.165, 1.54) is 11.8 Å². The molecule has 3 N–H and O–H groups in total. The van der Waals surface area contributed by atoms with Gasteiger partial charge >= 0.3 is 0 Å². The minimum atomic E-state index is -0.290. The predicted molar refractivity (Wildman–Crippen MR) is 89.1 cm³/mol. The highest BCUT2D eigenvalue weighted by atomic mass is 35.5. The quantitative estimate of drug-likeness (QED) is 0.247. The second-order valence-corrected chi connectivity index (χ2v) is 5.78. The Bertz CT molecular complexity index is 674. The summed E-state index contributed by atoms with van der Waals surface area (Å²) in [5.74, 6) is 6.24. The minimum absolute atomic E-state index is 0.157. The van der Waals surface area contributed by atoms with Crippen LogP contribution in [0.3, 0.4) is 0 Å². The number of rotatable bonds is 8. The molecule has 1 amide bonds. The summed E-state index contributed by atoms with van der Waals surface area (Å²) in [7, 11) is 0. The zero-order chi connectivity index (χ0) is 16.7. The molecule has 0 saturated heterocycles. The molecule has 1 aromatic carbocycles. The Hall–Kier alpha value is -2.03. The average molecular weight is 354 g/mol. The molecular formula is C14H16ClN5O2S. The van der Waals surface area contributed by atoms with E-state index in [0.29, 0.717) is 28.3 Å². The standard InChI is InChI=1S/C14H16ClN5O2S/c1-2-7-20-12(8-22-11-5-3-10(15)4-6-11)18-19-14(20)23-9-13(21)17-16/h2-6H,1,7-9,16H2,(H,17,21). The lowest BCUT2D eigenvalue weighted by atomic mass is 10.3. The highest BCUT2D eigenvalue weighted by Crippen LogP contribution is 2.19. The summed E-state index contributed by atoms with van der Waals surface area (Å²) in [5.41, 5.74) is 2.07. The third-order valence-electron chi connectivity index (χ3n) is 2.78. The number of aromatic nitrogens is 3. The van der Waals surface area contributed by atoms with Crippen molar-refractivity contribution in [3.8, 4) is 5.75 Å². The number of carbonyl (C=O) groups excluding carboxylic acids is 1. The van der Waals surface area contributed by atoms with E-state index >= 15 is 0 Å². The molecule has 0 atom stereocenters. The minimum Gasteiger partial charge on any atom is -0.486 e. The predicted octanol–water partition coefficient (Wildman–Crippen LogP) is 1.78. The van der Waals surface area contributed by atoms with E-state index < -0.39 is 0 Å². The number of carbonyl (C=O) groups is 1. The number of nitrogens with zero attached hydrogens (tertiary/aromatic N) is 3. The van der Waals surface area contributed by atoms with Crippen molar-refractivity contribution in [1.82, 2.24) is 20.2 Å². The van der Waals surface area contributed by atoms with Crippen molar-refractivity contribution in [1.29, 1.82) is 0 Å². The molecular weight excluding hydrogens is 338 g/mol. The molecule has 23 heavy (non-hydrogen) atoms. The van der Waals surface area contributed by atoms with Crippen molar-refractivity contribution in [2.45, 2.75) is 18.3 Å². The van der Waals surface area contributed by atoms with Gasteiger partial charge in [0.2, 0.25) is 5.91 Å². The molecule has 2 aromatic rings. The first-order chi connectivity index (χ1) is 11.1. The molecule has 0 radical (unpaired) electrons. The van der Waals surface area contributed by atoms with Gasteiger partial charge in [0, 0.05) is 11.6 Å². The molecule has 0 spiro atoms. The number of hydrogen-bond donors (Lipinski definition) is 2. The first-order valence-electron chi connectivity index (χ1n) is 6.67. The van der Waals surface area contributed by atoms with Gasteiger partial charge in [-0.2, -0.15) is 0 Å². The monoisotopic (exact) mass is 353 g/mol. The largest absolute Gasteiger partial charge is 0.486 e. The van der Waals surface area contributed by atoms with Crippen LogP contribution in [-0.4, -0.2) is 26.4 Å². The molecule has 1 aromatic heterocycles. The highest BCUT2D eigenvalue weighted by molar-refractivity contribution is 7.99. The molecule has 0 saturated carbocycles. The van der Waals surface area contributed by atoms with Crippen molar-refractivity contribution in [3.05, 3.63) is 47.8 Å². The van der Waals surface area contributed by atoms with Crippen LogP contribution in [0.5, 0.6) is 5.75 Å². The molecule has 0 aliphatic rings. The average Bonchev–Trinajstić information content (AvgIpc) is 2.94. The van der Waals surface area contributed by atoms with E-state index in [2.05, 4.69) is 22.2 Å². The lowest BCUT2D eigenvalue weighted by Crippen LogP contribution is -2.31. The Labute approximate surface area is 142 Å². The Morgan fingerprint density at radius 3 is 2.83 bits per heavy atom. The Morgan fingerprint density at radius 1 is 1.43 bits per heavy atom. The fourth-order valence-electron chi connectivity index (χ4n) is 1.70. The van der Waals surface area contributed by atoms with Crippen molar-refractivity contribution < 1.29 is 9.53 Å². The molecule has 122 valence electrons. The van der Waals surface area contributed by atoms with Crippen LogP contribution in [0, 0.1) is 0 Å². The van der Waals surface area contributed by atoms with E-state index in [9.17, 15) is 4.79 Å². The topological polar surface area (TPSA) is 95.1 Å². The normalized spacial score (nSPS) is 10.3. The van der Waals surface area contributed by atoms with Crippen LogP contribution in [0.1, 0.15) is 5.82 Å². The summed E-state index contributed by atoms with van der Waals surface area (Å²) < 4.78 is 7.50. The number of ether oxygens (including phenoxy) is 1. The SMILES string of the molecule is C=CCn1c(COc2ccc(Cl)cc2)nnc1SCC(=O)NN. The van der Waals surface area contributed by atoms with E-state index in [1.54, 1.807) is 30.3 Å². The van der Waals surface area contributed by atoms with Gasteiger partial charge in [-0.05, 0) is 24.3 Å². The Balaban J connectivity index is 2.05. The number of hydrogen-bond acceptors (Lipinski definition) is 6. The van der Waals surface area contributed by atoms with Gasteiger partial charge in [0.25, 0.3) is 0 Å². The third-order valence-corrected chi connectivity index (χ3v) is 4.00. The smallest absolute Gasteiger partial charge is 0.244 e. The zero-order valence-electron chi connectivity index (χ0n) is 12.2.